The number of benzene rings is 1. The van der Waals surface area contributed by atoms with Gasteiger partial charge < -0.3 is 20.9 Å². The number of piperidine rings is 1. The first-order valence-corrected chi connectivity index (χ1v) is 13.7. The highest BCUT2D eigenvalue weighted by Crippen LogP contribution is 2.30. The fourth-order valence-corrected chi connectivity index (χ4v) is 5.34. The minimum absolute atomic E-state index is 0.00960. The van der Waals surface area contributed by atoms with Crippen LogP contribution >= 0.6 is 11.6 Å². The summed E-state index contributed by atoms with van der Waals surface area (Å²) < 4.78 is 13.5. The van der Waals surface area contributed by atoms with Crippen LogP contribution in [0.3, 0.4) is 0 Å². The number of amides is 1. The first-order valence-electron chi connectivity index (χ1n) is 13.3. The zero-order chi connectivity index (χ0) is 27.5. The molecule has 3 N–H and O–H groups in total. The lowest BCUT2D eigenvalue weighted by molar-refractivity contribution is -0.117. The third-order valence-corrected chi connectivity index (χ3v) is 7.56. The van der Waals surface area contributed by atoms with Gasteiger partial charge in [-0.05, 0) is 73.1 Å². The van der Waals surface area contributed by atoms with Gasteiger partial charge in [-0.25, -0.2) is 9.97 Å². The van der Waals surface area contributed by atoms with Crippen LogP contribution < -0.4 is 20.9 Å². The van der Waals surface area contributed by atoms with E-state index in [2.05, 4.69) is 40.8 Å². The number of carbonyl (C=O) groups is 1. The molecule has 1 amide bonds. The number of halogens is 2. The topological polar surface area (TPSA) is 108 Å². The second-order valence-electron chi connectivity index (χ2n) is 10.1. The molecule has 1 fully saturated rings. The maximum atomic E-state index is 13.5. The Labute approximate surface area is 236 Å². The molecule has 2 aliphatic rings. The number of nitrogens with one attached hydrogen (secondary N) is 3. The lowest BCUT2D eigenvalue weighted by atomic mass is 9.92. The lowest BCUT2D eigenvalue weighted by Gasteiger charge is -2.33. The third-order valence-electron chi connectivity index (χ3n) is 7.28. The number of nitrogens with zero attached hydrogens (tertiary/aromatic N) is 5. The molecule has 1 aromatic carbocycles. The molecule has 0 saturated carbocycles. The number of aryl methyl sites for hydroxylation is 2. The smallest absolute Gasteiger partial charge is 0.229 e. The fourth-order valence-electron chi connectivity index (χ4n) is 5.20. The fraction of sp³-hybridized carbons (Fsp3) is 0.276. The summed E-state index contributed by atoms with van der Waals surface area (Å²) in [5, 5.41) is 10.0. The molecule has 0 radical (unpaired) electrons. The van der Waals surface area contributed by atoms with Crippen LogP contribution in [-0.4, -0.2) is 38.9 Å². The van der Waals surface area contributed by atoms with Crippen molar-refractivity contribution in [3.05, 3.63) is 83.3 Å². The minimum Gasteiger partial charge on any atom is -0.371 e. The van der Waals surface area contributed by atoms with Crippen molar-refractivity contribution in [2.24, 2.45) is 5.92 Å². The summed E-state index contributed by atoms with van der Waals surface area (Å²) in [7, 11) is 0. The van der Waals surface area contributed by atoms with Gasteiger partial charge in [0, 0.05) is 55.0 Å². The number of carbonyl (C=O) groups excluding carboxylic acids is 1. The summed E-state index contributed by atoms with van der Waals surface area (Å²) in [4.78, 5) is 32.1. The van der Waals surface area contributed by atoms with Crippen molar-refractivity contribution < 1.29 is 9.18 Å². The Hall–Kier alpha value is -4.31. The molecule has 9 nitrogen and oxygen atoms in total. The van der Waals surface area contributed by atoms with Crippen molar-refractivity contribution in [2.45, 2.75) is 32.1 Å². The standard InChI is InChI=1S/C29H28ClFN8O/c30-24-17-34-29-36-22-11-19(15-32-16-22)1-2-20-13-21(35-28(24)38-29)3-4-25(20)37-27(40)12-18-6-9-39(10-7-18)23-5-8-33-26(31)14-23/h3-5,8,11,13-18H,1-2,6-7,9-10,12H2,(H,37,40)(H2,34,35,36,38). The molecule has 2 aliphatic heterocycles. The summed E-state index contributed by atoms with van der Waals surface area (Å²) in [5.41, 5.74) is 5.26. The molecular weight excluding hydrogens is 531 g/mol. The van der Waals surface area contributed by atoms with E-state index in [4.69, 9.17) is 11.6 Å². The second-order valence-corrected chi connectivity index (χ2v) is 10.5. The van der Waals surface area contributed by atoms with E-state index in [0.717, 1.165) is 66.2 Å². The molecule has 0 unspecified atom stereocenters. The van der Waals surface area contributed by atoms with E-state index in [-0.39, 0.29) is 11.8 Å². The molecule has 40 heavy (non-hydrogen) atoms. The predicted octanol–water partition coefficient (Wildman–Crippen LogP) is 5.89. The highest BCUT2D eigenvalue weighted by molar-refractivity contribution is 6.32. The van der Waals surface area contributed by atoms with E-state index in [9.17, 15) is 9.18 Å². The first kappa shape index (κ1) is 25.9. The molecule has 0 spiro atoms. The van der Waals surface area contributed by atoms with E-state index in [0.29, 0.717) is 29.6 Å². The van der Waals surface area contributed by atoms with Crippen LogP contribution in [0.1, 0.15) is 30.4 Å². The summed E-state index contributed by atoms with van der Waals surface area (Å²) in [5.74, 6) is 0.669. The molecule has 0 atom stereocenters. The molecule has 6 bridgehead atoms. The zero-order valence-electron chi connectivity index (χ0n) is 21.7. The number of pyridine rings is 2. The molecular formula is C29H28ClFN8O. The molecule has 5 heterocycles. The van der Waals surface area contributed by atoms with Gasteiger partial charge in [-0.2, -0.15) is 9.37 Å². The minimum atomic E-state index is -0.478. The van der Waals surface area contributed by atoms with Gasteiger partial charge >= 0.3 is 0 Å². The molecule has 0 aliphatic carbocycles. The quantitative estimate of drug-likeness (QED) is 0.266. The van der Waals surface area contributed by atoms with E-state index in [1.54, 1.807) is 12.4 Å². The molecule has 6 rings (SSSR count). The molecule has 3 aromatic heterocycles. The van der Waals surface area contributed by atoms with E-state index >= 15 is 0 Å². The van der Waals surface area contributed by atoms with Gasteiger partial charge in [0.1, 0.15) is 5.02 Å². The monoisotopic (exact) mass is 558 g/mol. The summed E-state index contributed by atoms with van der Waals surface area (Å²) in [6, 6.07) is 11.1. The van der Waals surface area contributed by atoms with Crippen LogP contribution in [0.15, 0.2) is 61.2 Å². The van der Waals surface area contributed by atoms with Crippen molar-refractivity contribution in [2.75, 3.05) is 33.9 Å². The summed E-state index contributed by atoms with van der Waals surface area (Å²) >= 11 is 6.37. The van der Waals surface area contributed by atoms with Gasteiger partial charge in [0.2, 0.25) is 17.8 Å². The van der Waals surface area contributed by atoms with Crippen molar-refractivity contribution in [1.82, 2.24) is 19.9 Å². The maximum absolute atomic E-state index is 13.5. The van der Waals surface area contributed by atoms with E-state index in [1.807, 2.05) is 36.5 Å². The second kappa shape index (κ2) is 11.4. The van der Waals surface area contributed by atoms with Crippen LogP contribution in [0.4, 0.5) is 38.9 Å². The lowest BCUT2D eigenvalue weighted by Crippen LogP contribution is -2.35. The van der Waals surface area contributed by atoms with Gasteiger partial charge in [0.25, 0.3) is 0 Å². The normalized spacial score (nSPS) is 15.1. The average molecular weight is 559 g/mol. The highest BCUT2D eigenvalue weighted by Gasteiger charge is 2.23. The third kappa shape index (κ3) is 6.12. The Morgan fingerprint density at radius 3 is 2.75 bits per heavy atom. The van der Waals surface area contributed by atoms with Gasteiger partial charge in [0.05, 0.1) is 18.1 Å². The van der Waals surface area contributed by atoms with E-state index in [1.165, 1.54) is 12.3 Å². The van der Waals surface area contributed by atoms with Crippen LogP contribution in [0.25, 0.3) is 0 Å². The Kier molecular flexibility index (Phi) is 7.41. The van der Waals surface area contributed by atoms with Crippen LogP contribution in [0.2, 0.25) is 5.02 Å². The van der Waals surface area contributed by atoms with Gasteiger partial charge in [-0.1, -0.05) is 11.6 Å². The SMILES string of the molecule is O=C(CC1CCN(c2ccnc(F)c2)CC1)Nc1ccc2cc1CCc1cncc(c1)Nc1ncc(Cl)c(n1)N2. The largest absolute Gasteiger partial charge is 0.371 e. The number of aromatic nitrogens is 4. The number of rotatable bonds is 4. The molecule has 204 valence electrons. The Bertz CT molecular complexity index is 1540. The maximum Gasteiger partial charge on any atom is 0.229 e. The molecule has 1 saturated heterocycles. The predicted molar refractivity (Wildman–Crippen MR) is 154 cm³/mol. The first-order chi connectivity index (χ1) is 19.5. The number of fused-ring (bicyclic) bond motifs is 6. The molecule has 11 heteroatoms. The van der Waals surface area contributed by atoms with Crippen molar-refractivity contribution in [1.29, 1.82) is 0 Å². The summed E-state index contributed by atoms with van der Waals surface area (Å²) in [6.07, 6.45) is 10.2. The summed E-state index contributed by atoms with van der Waals surface area (Å²) in [6.45, 7) is 1.56. The molecule has 4 aromatic rings. The zero-order valence-corrected chi connectivity index (χ0v) is 22.5. The van der Waals surface area contributed by atoms with Crippen LogP contribution in [0, 0.1) is 11.9 Å². The van der Waals surface area contributed by atoms with Gasteiger partial charge in [-0.15, -0.1) is 0 Å². The van der Waals surface area contributed by atoms with E-state index < -0.39 is 5.95 Å². The Morgan fingerprint density at radius 2 is 1.90 bits per heavy atom. The Morgan fingerprint density at radius 1 is 1.02 bits per heavy atom. The number of anilines is 6. The van der Waals surface area contributed by atoms with Crippen molar-refractivity contribution in [3.8, 4) is 0 Å². The Balaban J connectivity index is 1.16. The van der Waals surface area contributed by atoms with Crippen molar-refractivity contribution >= 4 is 52.0 Å². The number of hydrogen-bond acceptors (Lipinski definition) is 8. The van der Waals surface area contributed by atoms with Crippen LogP contribution in [-0.2, 0) is 17.6 Å². The van der Waals surface area contributed by atoms with Gasteiger partial charge in [-0.3, -0.25) is 9.78 Å². The van der Waals surface area contributed by atoms with Crippen molar-refractivity contribution in [3.63, 3.8) is 0 Å². The van der Waals surface area contributed by atoms with Crippen LogP contribution in [0.5, 0.6) is 0 Å². The number of hydrogen-bond donors (Lipinski definition) is 3. The van der Waals surface area contributed by atoms with Gasteiger partial charge in [0.15, 0.2) is 5.82 Å². The highest BCUT2D eigenvalue weighted by atomic mass is 35.5. The average Bonchev–Trinajstić information content (AvgIpc) is 2.95.